The van der Waals surface area contributed by atoms with Crippen molar-refractivity contribution >= 4 is 11.9 Å². The average Bonchev–Trinajstić information content (AvgIpc) is 3.16. The van der Waals surface area contributed by atoms with Gasteiger partial charge in [-0.15, -0.1) is 0 Å². The Morgan fingerprint density at radius 1 is 1.46 bits per heavy atom. The summed E-state index contributed by atoms with van der Waals surface area (Å²) in [6.45, 7) is -0.831. The summed E-state index contributed by atoms with van der Waals surface area (Å²) in [6.07, 6.45) is -2.41. The maximum Gasteiger partial charge on any atom is 0.413 e. The van der Waals surface area contributed by atoms with Crippen molar-refractivity contribution in [3.63, 3.8) is 0 Å². The van der Waals surface area contributed by atoms with Gasteiger partial charge >= 0.3 is 17.7 Å². The summed E-state index contributed by atoms with van der Waals surface area (Å²) in [4.78, 5) is 27.3. The number of rotatable bonds is 4. The highest BCUT2D eigenvalue weighted by atomic mass is 19.3. The van der Waals surface area contributed by atoms with Crippen LogP contribution in [0.3, 0.4) is 0 Å². The van der Waals surface area contributed by atoms with Crippen molar-refractivity contribution in [2.75, 3.05) is 11.9 Å². The van der Waals surface area contributed by atoms with Crippen LogP contribution in [0.1, 0.15) is 31.9 Å². The molecule has 3 rings (SSSR count). The van der Waals surface area contributed by atoms with Crippen LogP contribution < -0.4 is 11.0 Å². The van der Waals surface area contributed by atoms with Gasteiger partial charge in [-0.3, -0.25) is 9.88 Å². The lowest BCUT2D eigenvalue weighted by Crippen LogP contribution is -2.41. The predicted octanol–water partition coefficient (Wildman–Crippen LogP) is 0.620. The van der Waals surface area contributed by atoms with Crippen LogP contribution in [0.15, 0.2) is 17.1 Å². The number of aromatic nitrogens is 2. The molecule has 2 heterocycles. The van der Waals surface area contributed by atoms with Crippen LogP contribution in [0.25, 0.3) is 0 Å². The molecule has 1 saturated carbocycles. The standard InChI is InChI=1S/C15H19F2N3O6/c16-15(17)11(22)9(7-21)26-12(15)20-6-5-10(18-13(20)23)19-14(24)25-8-3-1-2-4-8/h5-6,8-9,11-12,21-22H,1-4,7H2,(H,18,19,23,24)/t9-,11-,12-/m1/s1. The Labute approximate surface area is 146 Å². The fourth-order valence-electron chi connectivity index (χ4n) is 3.07. The normalized spacial score (nSPS) is 28.2. The molecule has 1 amide bonds. The number of halogens is 2. The largest absolute Gasteiger partial charge is 0.446 e. The highest BCUT2D eigenvalue weighted by Gasteiger charge is 2.59. The SMILES string of the molecule is O=C(Nc1ccn([C@@H]2O[C@H](CO)[C@@H](O)C2(F)F)c(=O)n1)OC1CCCC1. The summed E-state index contributed by atoms with van der Waals surface area (Å²) < 4.78 is 38.7. The van der Waals surface area contributed by atoms with Gasteiger partial charge in [0.1, 0.15) is 18.0 Å². The molecule has 1 aromatic heterocycles. The van der Waals surface area contributed by atoms with Crippen LogP contribution in [0.4, 0.5) is 19.4 Å². The van der Waals surface area contributed by atoms with E-state index < -0.39 is 42.7 Å². The molecule has 26 heavy (non-hydrogen) atoms. The first-order valence-corrected chi connectivity index (χ1v) is 8.22. The van der Waals surface area contributed by atoms with E-state index in [0.29, 0.717) is 4.57 Å². The Morgan fingerprint density at radius 2 is 2.15 bits per heavy atom. The van der Waals surface area contributed by atoms with E-state index in [1.807, 2.05) is 0 Å². The summed E-state index contributed by atoms with van der Waals surface area (Å²) in [5, 5.41) is 20.8. The Bertz CT molecular complexity index is 722. The minimum atomic E-state index is -3.80. The first-order valence-electron chi connectivity index (χ1n) is 8.22. The molecular formula is C15H19F2N3O6. The monoisotopic (exact) mass is 375 g/mol. The molecule has 3 N–H and O–H groups in total. The van der Waals surface area contributed by atoms with Crippen molar-refractivity contribution in [3.8, 4) is 0 Å². The first kappa shape index (κ1) is 18.7. The molecular weight excluding hydrogens is 356 g/mol. The maximum absolute atomic E-state index is 14.1. The number of hydrogen-bond donors (Lipinski definition) is 3. The number of carbonyl (C=O) groups is 1. The molecule has 2 fully saturated rings. The van der Waals surface area contributed by atoms with Crippen LogP contribution in [0.2, 0.25) is 0 Å². The van der Waals surface area contributed by atoms with Gasteiger partial charge < -0.3 is 19.7 Å². The van der Waals surface area contributed by atoms with E-state index in [0.717, 1.165) is 37.9 Å². The first-order chi connectivity index (χ1) is 12.3. The van der Waals surface area contributed by atoms with E-state index in [1.54, 1.807) is 0 Å². The minimum absolute atomic E-state index is 0.158. The number of alkyl halides is 2. The van der Waals surface area contributed by atoms with Gasteiger partial charge in [0.15, 0.2) is 6.10 Å². The zero-order valence-corrected chi connectivity index (χ0v) is 13.7. The number of ether oxygens (including phenoxy) is 2. The highest BCUT2D eigenvalue weighted by Crippen LogP contribution is 2.41. The van der Waals surface area contributed by atoms with Crippen LogP contribution in [0.5, 0.6) is 0 Å². The molecule has 0 unspecified atom stereocenters. The van der Waals surface area contributed by atoms with Crippen LogP contribution in [-0.2, 0) is 9.47 Å². The average molecular weight is 375 g/mol. The molecule has 0 bridgehead atoms. The Hall–Kier alpha value is -2.11. The fourth-order valence-corrected chi connectivity index (χ4v) is 3.07. The number of aliphatic hydroxyl groups excluding tert-OH is 2. The molecule has 1 aliphatic carbocycles. The van der Waals surface area contributed by atoms with Crippen LogP contribution in [-0.4, -0.2) is 56.7 Å². The summed E-state index contributed by atoms with van der Waals surface area (Å²) >= 11 is 0. The molecule has 9 nitrogen and oxygen atoms in total. The second-order valence-corrected chi connectivity index (χ2v) is 6.27. The summed E-state index contributed by atoms with van der Waals surface area (Å²) in [5.74, 6) is -3.95. The Kier molecular flexibility index (Phi) is 5.21. The van der Waals surface area contributed by atoms with E-state index in [-0.39, 0.29) is 11.9 Å². The topological polar surface area (TPSA) is 123 Å². The van der Waals surface area contributed by atoms with E-state index in [2.05, 4.69) is 10.3 Å². The van der Waals surface area contributed by atoms with Gasteiger partial charge in [-0.1, -0.05) is 0 Å². The number of amides is 1. The smallest absolute Gasteiger partial charge is 0.413 e. The molecule has 0 spiro atoms. The van der Waals surface area contributed by atoms with Crippen molar-refractivity contribution in [2.45, 2.75) is 56.1 Å². The molecule has 1 saturated heterocycles. The molecule has 2 aliphatic rings. The number of carbonyl (C=O) groups excluding carboxylic acids is 1. The van der Waals surface area contributed by atoms with E-state index in [1.165, 1.54) is 0 Å². The number of aliphatic hydroxyl groups is 2. The highest BCUT2D eigenvalue weighted by molar-refractivity contribution is 5.83. The number of nitrogens with zero attached hydrogens (tertiary/aromatic N) is 2. The third-order valence-electron chi connectivity index (χ3n) is 4.45. The van der Waals surface area contributed by atoms with Crippen molar-refractivity contribution in [2.24, 2.45) is 0 Å². The minimum Gasteiger partial charge on any atom is -0.446 e. The van der Waals surface area contributed by atoms with E-state index in [9.17, 15) is 23.5 Å². The molecule has 1 aromatic rings. The quantitative estimate of drug-likeness (QED) is 0.705. The molecule has 1 aliphatic heterocycles. The van der Waals surface area contributed by atoms with Crippen molar-refractivity contribution < 1.29 is 33.3 Å². The van der Waals surface area contributed by atoms with Gasteiger partial charge in [0.2, 0.25) is 6.23 Å². The van der Waals surface area contributed by atoms with Crippen molar-refractivity contribution in [1.29, 1.82) is 0 Å². The van der Waals surface area contributed by atoms with Crippen molar-refractivity contribution in [3.05, 3.63) is 22.7 Å². The third kappa shape index (κ3) is 3.55. The zero-order valence-electron chi connectivity index (χ0n) is 13.7. The number of anilines is 1. The van der Waals surface area contributed by atoms with Gasteiger partial charge in [0.05, 0.1) is 6.61 Å². The number of hydrogen-bond acceptors (Lipinski definition) is 7. The van der Waals surface area contributed by atoms with E-state index in [4.69, 9.17) is 14.6 Å². The lowest BCUT2D eigenvalue weighted by molar-refractivity contribution is -0.140. The van der Waals surface area contributed by atoms with E-state index >= 15 is 0 Å². The van der Waals surface area contributed by atoms with Gasteiger partial charge in [-0.05, 0) is 31.7 Å². The number of nitrogens with one attached hydrogen (secondary N) is 1. The fraction of sp³-hybridized carbons (Fsp3) is 0.667. The summed E-state index contributed by atoms with van der Waals surface area (Å²) in [7, 11) is 0. The molecule has 11 heteroatoms. The van der Waals surface area contributed by atoms with Crippen LogP contribution >= 0.6 is 0 Å². The van der Waals surface area contributed by atoms with Crippen molar-refractivity contribution in [1.82, 2.24) is 9.55 Å². The molecule has 0 aromatic carbocycles. The summed E-state index contributed by atoms with van der Waals surface area (Å²) in [5.41, 5.74) is -1.11. The van der Waals surface area contributed by atoms with Crippen LogP contribution in [0, 0.1) is 0 Å². The van der Waals surface area contributed by atoms with Gasteiger partial charge in [0, 0.05) is 6.20 Å². The summed E-state index contributed by atoms with van der Waals surface area (Å²) in [6, 6.07) is 1.13. The lowest BCUT2D eigenvalue weighted by Gasteiger charge is -2.21. The van der Waals surface area contributed by atoms with Gasteiger partial charge in [-0.2, -0.15) is 13.8 Å². The van der Waals surface area contributed by atoms with Gasteiger partial charge in [0.25, 0.3) is 0 Å². The molecule has 3 atom stereocenters. The molecule has 144 valence electrons. The second-order valence-electron chi connectivity index (χ2n) is 6.27. The van der Waals surface area contributed by atoms with Gasteiger partial charge in [-0.25, -0.2) is 9.59 Å². The Morgan fingerprint density at radius 3 is 2.73 bits per heavy atom. The second kappa shape index (κ2) is 7.25. The zero-order chi connectivity index (χ0) is 18.9. The molecule has 0 radical (unpaired) electrons. The maximum atomic E-state index is 14.1. The third-order valence-corrected chi connectivity index (χ3v) is 4.45. The predicted molar refractivity (Wildman–Crippen MR) is 82.8 cm³/mol. The lowest BCUT2D eigenvalue weighted by atomic mass is 10.1. The Balaban J connectivity index is 1.71.